The van der Waals surface area contributed by atoms with Gasteiger partial charge in [-0.1, -0.05) is 103 Å². The molecule has 0 aliphatic carbocycles. The van der Waals surface area contributed by atoms with Gasteiger partial charge in [-0.25, -0.2) is 0 Å². The molecule has 0 spiro atoms. The number of halogens is 2. The molecule has 0 atom stereocenters. The maximum absolute atomic E-state index is 12.4. The van der Waals surface area contributed by atoms with Crippen molar-refractivity contribution < 1.29 is 4.79 Å². The van der Waals surface area contributed by atoms with Gasteiger partial charge in [0.15, 0.2) is 0 Å². The summed E-state index contributed by atoms with van der Waals surface area (Å²) in [5, 5.41) is 7.59. The van der Waals surface area contributed by atoms with Crippen LogP contribution in [0.25, 0.3) is 0 Å². The fourth-order valence-corrected chi connectivity index (χ4v) is 6.98. The minimum absolute atomic E-state index is 0.00578. The van der Waals surface area contributed by atoms with Gasteiger partial charge in [-0.2, -0.15) is 0 Å². The second kappa shape index (κ2) is 11.8. The zero-order valence-corrected chi connectivity index (χ0v) is 22.2. The Morgan fingerprint density at radius 1 is 0.853 bits per heavy atom. The van der Waals surface area contributed by atoms with E-state index in [0.29, 0.717) is 17.9 Å². The highest BCUT2D eigenvalue weighted by Crippen LogP contribution is 2.36. The van der Waals surface area contributed by atoms with Crippen LogP contribution < -0.4 is 21.2 Å². The molecule has 0 aliphatic heterocycles. The average Bonchev–Trinajstić information content (AvgIpc) is 2.85. The summed E-state index contributed by atoms with van der Waals surface area (Å²) in [6, 6.07) is 33.9. The highest BCUT2D eigenvalue weighted by Gasteiger charge is 2.20. The molecule has 0 heterocycles. The zero-order chi connectivity index (χ0) is 23.9. The Morgan fingerprint density at radius 3 is 2.06 bits per heavy atom. The van der Waals surface area contributed by atoms with E-state index in [4.69, 9.17) is 11.6 Å². The van der Waals surface area contributed by atoms with Gasteiger partial charge in [-0.05, 0) is 69.4 Å². The Hall–Kier alpha value is -2.45. The predicted octanol–water partition coefficient (Wildman–Crippen LogP) is 7.19. The fraction of sp³-hybridized carbons (Fsp3) is 0.138. The first kappa shape index (κ1) is 24.7. The topological polar surface area (TPSA) is 29.1 Å². The number of anilines is 1. The number of carbonyl (C=O) groups excluding carboxylic acids is 1. The Labute approximate surface area is 216 Å². The summed E-state index contributed by atoms with van der Waals surface area (Å²) in [6.07, 6.45) is 1.97. The van der Waals surface area contributed by atoms with Crippen molar-refractivity contribution in [3.63, 3.8) is 0 Å². The van der Waals surface area contributed by atoms with E-state index in [-0.39, 0.29) is 5.91 Å². The van der Waals surface area contributed by atoms with Crippen LogP contribution in [0.1, 0.15) is 30.9 Å². The summed E-state index contributed by atoms with van der Waals surface area (Å²) in [4.78, 5) is 12.4. The van der Waals surface area contributed by atoms with Crippen molar-refractivity contribution in [2.75, 3.05) is 5.32 Å². The first-order valence-electron chi connectivity index (χ1n) is 11.3. The molecule has 0 aliphatic rings. The number of nitrogens with one attached hydrogen (secondary N) is 1. The average molecular weight is 551 g/mol. The highest BCUT2D eigenvalue weighted by atomic mass is 79.9. The van der Waals surface area contributed by atoms with E-state index in [1.807, 2.05) is 19.1 Å². The Bertz CT molecular complexity index is 1220. The number of benzene rings is 4. The molecule has 2 nitrogen and oxygen atoms in total. The van der Waals surface area contributed by atoms with Crippen LogP contribution >= 0.6 is 35.5 Å². The van der Waals surface area contributed by atoms with E-state index in [0.717, 1.165) is 22.1 Å². The van der Waals surface area contributed by atoms with E-state index in [2.05, 4.69) is 106 Å². The third-order valence-corrected chi connectivity index (χ3v) is 9.28. The second-order valence-electron chi connectivity index (χ2n) is 8.03. The Morgan fingerprint density at radius 2 is 1.44 bits per heavy atom. The molecule has 0 saturated carbocycles. The first-order valence-corrected chi connectivity index (χ1v) is 13.8. The lowest BCUT2D eigenvalue weighted by Crippen LogP contribution is -2.23. The number of hydrogen-bond donors (Lipinski definition) is 1. The number of rotatable bonds is 8. The van der Waals surface area contributed by atoms with Crippen LogP contribution in [0.3, 0.4) is 0 Å². The molecule has 4 aromatic rings. The van der Waals surface area contributed by atoms with Gasteiger partial charge in [-0.15, -0.1) is 0 Å². The largest absolute Gasteiger partial charge is 0.326 e. The third-order valence-electron chi connectivity index (χ3n) is 5.54. The Balaban J connectivity index is 1.79. The van der Waals surface area contributed by atoms with Crippen LogP contribution in [0.2, 0.25) is 5.02 Å². The van der Waals surface area contributed by atoms with Crippen molar-refractivity contribution in [1.82, 2.24) is 0 Å². The maximum atomic E-state index is 12.4. The summed E-state index contributed by atoms with van der Waals surface area (Å²) < 4.78 is 0.823. The quantitative estimate of drug-likeness (QED) is 0.231. The van der Waals surface area contributed by atoms with Crippen LogP contribution in [-0.2, 0) is 11.2 Å². The summed E-state index contributed by atoms with van der Waals surface area (Å²) >= 11 is 9.97. The van der Waals surface area contributed by atoms with Crippen molar-refractivity contribution in [3.8, 4) is 0 Å². The second-order valence-corrected chi connectivity index (χ2v) is 11.5. The Kier molecular flexibility index (Phi) is 8.56. The fourth-order valence-electron chi connectivity index (χ4n) is 3.96. The minimum atomic E-state index is -0.734. The standard InChI is InChI=1S/C29H26BrClNOP/c1-2-11-29(33)32-27-20-26(31)25(30)19-22(27)18-21-12-9-10-17-28(21)34(23-13-5-3-6-14-23)24-15-7-4-8-16-24/h3-10,12-17,19-20H,2,11,18H2,1H3,(H,32,33). The molecule has 4 rings (SSSR count). The van der Waals surface area contributed by atoms with Crippen molar-refractivity contribution in [2.24, 2.45) is 0 Å². The van der Waals surface area contributed by atoms with E-state index in [9.17, 15) is 4.79 Å². The van der Waals surface area contributed by atoms with Gasteiger partial charge in [0.05, 0.1) is 5.02 Å². The van der Waals surface area contributed by atoms with Crippen LogP contribution in [0, 0.1) is 0 Å². The molecule has 34 heavy (non-hydrogen) atoms. The minimum Gasteiger partial charge on any atom is -0.326 e. The molecule has 172 valence electrons. The van der Waals surface area contributed by atoms with Crippen LogP contribution in [0.5, 0.6) is 0 Å². The van der Waals surface area contributed by atoms with Crippen molar-refractivity contribution >= 4 is 63.0 Å². The van der Waals surface area contributed by atoms with Crippen LogP contribution in [-0.4, -0.2) is 5.91 Å². The van der Waals surface area contributed by atoms with Crippen molar-refractivity contribution in [3.05, 3.63) is 118 Å². The molecular weight excluding hydrogens is 525 g/mol. The van der Waals surface area contributed by atoms with E-state index < -0.39 is 7.92 Å². The SMILES string of the molecule is CCCC(=O)Nc1cc(Cl)c(Br)cc1Cc1ccccc1P(c1ccccc1)c1ccccc1. The molecule has 0 fully saturated rings. The van der Waals surface area contributed by atoms with Crippen LogP contribution in [0.4, 0.5) is 5.69 Å². The van der Waals surface area contributed by atoms with E-state index in [1.54, 1.807) is 0 Å². The van der Waals surface area contributed by atoms with Crippen molar-refractivity contribution in [1.29, 1.82) is 0 Å². The monoisotopic (exact) mass is 549 g/mol. The number of hydrogen-bond acceptors (Lipinski definition) is 1. The van der Waals surface area contributed by atoms with Gasteiger partial charge in [0.2, 0.25) is 5.91 Å². The molecule has 0 unspecified atom stereocenters. The zero-order valence-electron chi connectivity index (χ0n) is 19.0. The lowest BCUT2D eigenvalue weighted by Gasteiger charge is -2.23. The molecule has 0 bridgehead atoms. The summed E-state index contributed by atoms with van der Waals surface area (Å²) in [5.74, 6) is 0.00578. The normalized spacial score (nSPS) is 10.9. The number of amides is 1. The van der Waals surface area contributed by atoms with E-state index in [1.165, 1.54) is 21.5 Å². The van der Waals surface area contributed by atoms with E-state index >= 15 is 0 Å². The molecule has 0 radical (unpaired) electrons. The predicted molar refractivity (Wildman–Crippen MR) is 151 cm³/mol. The van der Waals surface area contributed by atoms with Gasteiger partial charge in [-0.3, -0.25) is 4.79 Å². The maximum Gasteiger partial charge on any atom is 0.224 e. The lowest BCUT2D eigenvalue weighted by molar-refractivity contribution is -0.116. The molecular formula is C29H26BrClNOP. The van der Waals surface area contributed by atoms with Crippen LogP contribution in [0.15, 0.2) is 102 Å². The molecule has 1 amide bonds. The summed E-state index contributed by atoms with van der Waals surface area (Å²) in [6.45, 7) is 2.00. The van der Waals surface area contributed by atoms with Gasteiger partial charge < -0.3 is 5.32 Å². The molecule has 0 aromatic heterocycles. The molecule has 5 heteroatoms. The highest BCUT2D eigenvalue weighted by molar-refractivity contribution is 9.10. The van der Waals surface area contributed by atoms with Gasteiger partial charge in [0.25, 0.3) is 0 Å². The summed E-state index contributed by atoms with van der Waals surface area (Å²) in [7, 11) is -0.734. The molecule has 0 saturated heterocycles. The molecule has 1 N–H and O–H groups in total. The van der Waals surface area contributed by atoms with Gasteiger partial charge in [0, 0.05) is 23.0 Å². The smallest absolute Gasteiger partial charge is 0.224 e. The first-order chi connectivity index (χ1) is 16.6. The lowest BCUT2D eigenvalue weighted by atomic mass is 10.0. The molecule has 4 aromatic carbocycles. The number of carbonyl (C=O) groups is 1. The van der Waals surface area contributed by atoms with Crippen molar-refractivity contribution in [2.45, 2.75) is 26.2 Å². The van der Waals surface area contributed by atoms with Gasteiger partial charge >= 0.3 is 0 Å². The van der Waals surface area contributed by atoms with Gasteiger partial charge in [0.1, 0.15) is 0 Å². The summed E-state index contributed by atoms with van der Waals surface area (Å²) in [5.41, 5.74) is 3.04. The third kappa shape index (κ3) is 5.96.